The van der Waals surface area contributed by atoms with Crippen LogP contribution in [0, 0.1) is 5.41 Å². The van der Waals surface area contributed by atoms with Crippen molar-refractivity contribution in [2.75, 3.05) is 148 Å². The van der Waals surface area contributed by atoms with Gasteiger partial charge in [0.1, 0.15) is 0 Å². The molecule has 0 unspecified atom stereocenters. The van der Waals surface area contributed by atoms with Gasteiger partial charge in [0.2, 0.25) is 47.3 Å². The maximum absolute atomic E-state index is 11.8. The van der Waals surface area contributed by atoms with Gasteiger partial charge in [-0.25, -0.2) is 0 Å². The van der Waals surface area contributed by atoms with Gasteiger partial charge < -0.3 is 71.8 Å². The second-order valence-corrected chi connectivity index (χ2v) is 41.1. The molecule has 0 aromatic heterocycles. The third-order valence-electron chi connectivity index (χ3n) is 15.2. The van der Waals surface area contributed by atoms with E-state index in [0.717, 1.165) is 52.4 Å². The normalized spacial score (nSPS) is 14.4. The second-order valence-electron chi connectivity index (χ2n) is 41.1. The molecule has 0 spiro atoms. The van der Waals surface area contributed by atoms with E-state index in [-0.39, 0.29) is 103 Å². The Balaban J connectivity index is -0.000000301. The summed E-state index contributed by atoms with van der Waals surface area (Å²) in [5, 5.41) is 23.1. The second kappa shape index (κ2) is 62.5. The monoisotopic (exact) mass is 1670 g/mol. The van der Waals surface area contributed by atoms with Gasteiger partial charge in [-0.15, -0.1) is 0 Å². The fourth-order valence-electron chi connectivity index (χ4n) is 10.2. The van der Waals surface area contributed by atoms with Crippen molar-refractivity contribution in [2.24, 2.45) is 5.41 Å². The maximum atomic E-state index is 11.8. The highest BCUT2D eigenvalue weighted by Gasteiger charge is 2.24. The number of carbonyl (C=O) groups excluding carboxylic acids is 9. The van der Waals surface area contributed by atoms with E-state index in [0.29, 0.717) is 68.6 Å². The van der Waals surface area contributed by atoms with Gasteiger partial charge in [0.25, 0.3) is 0 Å². The Bertz CT molecular complexity index is 2870. The SMILES string of the molecule is C=C(CN(C)CCN(C)C)C(=O)NC(C)(C)C.C=C(CN1CCCCC1)C(=O)NC(C)(C)C.C=C(CN1CCCCC1)C(=O)NC(C)(C)C.C=CC(=O)CC(C)(C)C.CC(C)(C)NC(=O)CCN1CCCCC1.CCC(=O)NC(C)(C)C.CN(C)/C=C/C(=O)NC(C)(C)C.CN(C)C/C=C/C(=O)NC(C)(C)C.COCCC(=O)NC(C)(C)C. The largest absolute Gasteiger partial charge is 0.384 e. The summed E-state index contributed by atoms with van der Waals surface area (Å²) >= 11 is 0. The van der Waals surface area contributed by atoms with Crippen LogP contribution >= 0.6 is 0 Å². The van der Waals surface area contributed by atoms with Crippen LogP contribution in [0.1, 0.15) is 277 Å². The quantitative estimate of drug-likeness (QED) is 0.0374. The Kier molecular flexibility index (Phi) is 64.7. The number of rotatable bonds is 26. The topological polar surface area (TPSA) is 282 Å². The van der Waals surface area contributed by atoms with Crippen molar-refractivity contribution >= 4 is 53.0 Å². The van der Waals surface area contributed by atoms with Crippen LogP contribution in [0.15, 0.2) is 73.5 Å². The minimum Gasteiger partial charge on any atom is -0.384 e. The number of amides is 8. The van der Waals surface area contributed by atoms with Crippen molar-refractivity contribution in [1.29, 1.82) is 0 Å². The van der Waals surface area contributed by atoms with Crippen LogP contribution in [0.3, 0.4) is 0 Å². The number of hydrogen-bond donors (Lipinski definition) is 8. The van der Waals surface area contributed by atoms with E-state index in [1.165, 1.54) is 83.0 Å². The molecule has 3 aliphatic heterocycles. The summed E-state index contributed by atoms with van der Waals surface area (Å²) < 4.78 is 4.77. The number of piperidine rings is 3. The molecule has 0 aliphatic carbocycles. The first-order valence-electron chi connectivity index (χ1n) is 42.7. The first-order chi connectivity index (χ1) is 53.3. The number of nitrogens with one attached hydrogen (secondary N) is 8. The van der Waals surface area contributed by atoms with E-state index in [1.807, 2.05) is 259 Å². The lowest BCUT2D eigenvalue weighted by atomic mass is 9.90. The molecule has 690 valence electrons. The third-order valence-corrected chi connectivity index (χ3v) is 15.2. The number of likely N-dealkylation sites (tertiary alicyclic amines) is 3. The van der Waals surface area contributed by atoms with Gasteiger partial charge in [0.15, 0.2) is 5.78 Å². The van der Waals surface area contributed by atoms with Gasteiger partial charge in [-0.2, -0.15) is 0 Å². The van der Waals surface area contributed by atoms with Gasteiger partial charge in [-0.05, 0) is 291 Å². The number of hydrogen-bond acceptors (Lipinski definition) is 17. The zero-order valence-corrected chi connectivity index (χ0v) is 82.5. The lowest BCUT2D eigenvalue weighted by Gasteiger charge is -2.28. The van der Waals surface area contributed by atoms with Crippen LogP contribution < -0.4 is 42.5 Å². The molecule has 0 saturated carbocycles. The van der Waals surface area contributed by atoms with Crippen molar-refractivity contribution in [3.05, 3.63) is 73.5 Å². The van der Waals surface area contributed by atoms with E-state index in [2.05, 4.69) is 93.3 Å². The molecular formula is C93H183N15O10. The van der Waals surface area contributed by atoms with E-state index in [4.69, 9.17) is 4.74 Å². The first kappa shape index (κ1) is 122. The zero-order valence-electron chi connectivity index (χ0n) is 82.5. The Morgan fingerprint density at radius 1 is 0.398 bits per heavy atom. The van der Waals surface area contributed by atoms with Crippen molar-refractivity contribution in [2.45, 2.75) is 322 Å². The summed E-state index contributed by atoms with van der Waals surface area (Å²) in [7, 11) is 15.3. The molecular weight excluding hydrogens is 1490 g/mol. The molecule has 3 fully saturated rings. The first-order valence-corrected chi connectivity index (χ1v) is 42.7. The molecule has 3 heterocycles. The van der Waals surface area contributed by atoms with Crippen molar-refractivity contribution in [1.82, 2.24) is 76.8 Å². The van der Waals surface area contributed by atoms with Gasteiger partial charge in [0, 0.05) is 172 Å². The number of nitrogens with zero attached hydrogens (tertiary/aromatic N) is 7. The highest BCUT2D eigenvalue weighted by atomic mass is 16.5. The Labute approximate surface area is 722 Å². The molecule has 0 radical (unpaired) electrons. The highest BCUT2D eigenvalue weighted by molar-refractivity contribution is 5.95. The summed E-state index contributed by atoms with van der Waals surface area (Å²) in [6.45, 7) is 83.2. The molecule has 8 amide bonds. The maximum Gasteiger partial charge on any atom is 0.248 e. The highest BCUT2D eigenvalue weighted by Crippen LogP contribution is 2.19. The van der Waals surface area contributed by atoms with Gasteiger partial charge in [0.05, 0.1) is 6.61 Å². The molecule has 0 aromatic carbocycles. The lowest BCUT2D eigenvalue weighted by molar-refractivity contribution is -0.124. The molecule has 25 heteroatoms. The summed E-state index contributed by atoms with van der Waals surface area (Å²) in [6.07, 6.45) is 21.8. The Hall–Kier alpha value is -6.61. The summed E-state index contributed by atoms with van der Waals surface area (Å²) in [5.74, 6) is 0.272. The third kappa shape index (κ3) is 96.5. The standard InChI is InChI=1S/C13H27N3O.2C13H24N2O.C12H24N2O.C10H20N2O.C9H18N2O.C8H17NO2.C8H14O.C7H15NO/c1-11(12(17)14-13(2,3)4)10-16(7)9-8-15(5)6;2*1-11(12(16)14-13(2,3)4)10-15-8-6-5-7-9-15;1-12(2,3)13-11(15)7-10-14-8-5-4-6-9-14;1-10(2,3)11-9(13)7-6-8-12(4)5;1-9(2,3)10-8(12)6-7-11(4)5;1-8(2,3)9-7(10)5-6-11-4;1-5-7(9)6-8(2,3)4;1-5-6(9)8-7(2,3)4/h1,8-10H2,2-7H3,(H,14,17);2*1,5-10H2,2-4H3,(H,14,16);4-10H2,1-3H3,(H,13,15);6-7H,8H2,1-5H3,(H,11,13);6-7H,1-5H3,(H,10,12);5-6H2,1-4H3,(H,9,10);5H,1,6H2,2-4H3;5H2,1-4H3,(H,8,9)/b;;;;2*7-6+;;;. The summed E-state index contributed by atoms with van der Waals surface area (Å²) in [5.41, 5.74) is 0.886. The number of ketones is 1. The van der Waals surface area contributed by atoms with Gasteiger partial charge >= 0.3 is 0 Å². The molecule has 118 heavy (non-hydrogen) atoms. The van der Waals surface area contributed by atoms with E-state index in [1.54, 1.807) is 19.4 Å². The molecule has 25 nitrogen and oxygen atoms in total. The predicted molar refractivity (Wildman–Crippen MR) is 499 cm³/mol. The number of allylic oxidation sites excluding steroid dienone is 1. The number of ether oxygens (including phenoxy) is 1. The van der Waals surface area contributed by atoms with Crippen LogP contribution in [0.5, 0.6) is 0 Å². The molecule has 3 rings (SSSR count). The Morgan fingerprint density at radius 2 is 0.720 bits per heavy atom. The van der Waals surface area contributed by atoms with Crippen molar-refractivity contribution in [3.8, 4) is 0 Å². The van der Waals surface area contributed by atoms with Gasteiger partial charge in [-0.3, -0.25) is 53.0 Å². The van der Waals surface area contributed by atoms with Crippen molar-refractivity contribution in [3.63, 3.8) is 0 Å². The average molecular weight is 1670 g/mol. The number of methoxy groups -OCH3 is 1. The molecule has 0 aromatic rings. The predicted octanol–water partition coefficient (Wildman–Crippen LogP) is 13.0. The number of carbonyl (C=O) groups is 9. The average Bonchev–Trinajstić information content (AvgIpc) is 0.900. The minimum atomic E-state index is -0.206. The molecule has 8 N–H and O–H groups in total. The van der Waals surface area contributed by atoms with E-state index in [9.17, 15) is 43.2 Å². The fourth-order valence-corrected chi connectivity index (χ4v) is 10.2. The summed E-state index contributed by atoms with van der Waals surface area (Å²) in [4.78, 5) is 117. The van der Waals surface area contributed by atoms with Crippen LogP contribution in [-0.2, 0) is 47.9 Å². The molecule has 0 atom stereocenters. The fraction of sp³-hybridized carbons (Fsp3) is 0.774. The lowest BCUT2D eigenvalue weighted by Crippen LogP contribution is -2.43. The molecule has 3 saturated heterocycles. The Morgan fingerprint density at radius 3 is 1.00 bits per heavy atom. The van der Waals surface area contributed by atoms with E-state index < -0.39 is 0 Å². The van der Waals surface area contributed by atoms with E-state index >= 15 is 0 Å². The van der Waals surface area contributed by atoms with Crippen LogP contribution in [0.2, 0.25) is 0 Å². The zero-order chi connectivity index (χ0) is 93.5. The van der Waals surface area contributed by atoms with Crippen LogP contribution in [0.25, 0.3) is 0 Å². The van der Waals surface area contributed by atoms with Gasteiger partial charge in [-0.1, -0.05) is 79.3 Å². The van der Waals surface area contributed by atoms with Crippen LogP contribution in [-0.4, -0.2) is 280 Å². The van der Waals surface area contributed by atoms with Crippen molar-refractivity contribution < 1.29 is 47.9 Å². The number of likely N-dealkylation sites (N-methyl/N-ethyl adjacent to an activating group) is 3. The smallest absolute Gasteiger partial charge is 0.248 e. The molecule has 3 aliphatic rings. The minimum absolute atomic E-state index is 0.0157. The molecule has 0 bridgehead atoms. The summed E-state index contributed by atoms with van der Waals surface area (Å²) in [6, 6.07) is 0. The van der Waals surface area contributed by atoms with Crippen LogP contribution in [0.4, 0.5) is 0 Å².